The number of esters is 1. The van der Waals surface area contributed by atoms with Gasteiger partial charge in [0.05, 0.1) is 18.3 Å². The minimum Gasteiger partial charge on any atom is -0.466 e. The highest BCUT2D eigenvalue weighted by Gasteiger charge is 2.02. The summed E-state index contributed by atoms with van der Waals surface area (Å²) in [5.74, 6) is -0.376. The molecule has 0 aliphatic heterocycles. The molecule has 92 valence electrons. The zero-order valence-corrected chi connectivity index (χ0v) is 10.7. The van der Waals surface area contributed by atoms with Crippen LogP contribution in [-0.4, -0.2) is 18.1 Å². The van der Waals surface area contributed by atoms with E-state index < -0.39 is 0 Å². The number of carbonyl (C=O) groups is 1. The highest BCUT2D eigenvalue weighted by Crippen LogP contribution is 2.19. The number of aromatic nitrogens is 1. The van der Waals surface area contributed by atoms with Crippen molar-refractivity contribution in [1.29, 1.82) is 0 Å². The maximum Gasteiger partial charge on any atom is 0.330 e. The fourth-order valence-electron chi connectivity index (χ4n) is 1.84. The number of carbonyl (C=O) groups excluding carboxylic acids is 1. The molecule has 3 nitrogen and oxygen atoms in total. The summed E-state index contributed by atoms with van der Waals surface area (Å²) >= 11 is 0. The Kier molecular flexibility index (Phi) is 3.42. The smallest absolute Gasteiger partial charge is 0.330 e. The molecule has 0 aliphatic rings. The van der Waals surface area contributed by atoms with Crippen LogP contribution in [0.1, 0.15) is 16.8 Å². The molecule has 0 N–H and O–H groups in total. The van der Waals surface area contributed by atoms with Gasteiger partial charge in [-0.25, -0.2) is 9.78 Å². The summed E-state index contributed by atoms with van der Waals surface area (Å²) in [6, 6.07) is 8.10. The molecule has 0 unspecified atom stereocenters. The maximum absolute atomic E-state index is 11.0. The molecule has 0 fully saturated rings. The minimum absolute atomic E-state index is 0.376. The number of aryl methyl sites for hydroxylation is 2. The molecule has 0 saturated heterocycles. The highest BCUT2D eigenvalue weighted by molar-refractivity contribution is 5.88. The number of hydrogen-bond acceptors (Lipinski definition) is 3. The Hall–Kier alpha value is -2.16. The fraction of sp³-hybridized carbons (Fsp3) is 0.200. The predicted molar refractivity (Wildman–Crippen MR) is 72.3 cm³/mol. The topological polar surface area (TPSA) is 39.2 Å². The second-order valence-electron chi connectivity index (χ2n) is 4.24. The van der Waals surface area contributed by atoms with Crippen LogP contribution >= 0.6 is 0 Å². The summed E-state index contributed by atoms with van der Waals surface area (Å²) in [5.41, 5.74) is 4.05. The van der Waals surface area contributed by atoms with Crippen molar-refractivity contribution in [2.24, 2.45) is 0 Å². The van der Waals surface area contributed by atoms with Crippen molar-refractivity contribution < 1.29 is 9.53 Å². The molecule has 2 rings (SSSR count). The third-order valence-corrected chi connectivity index (χ3v) is 2.78. The van der Waals surface area contributed by atoms with Gasteiger partial charge in [-0.15, -0.1) is 0 Å². The van der Waals surface area contributed by atoms with E-state index >= 15 is 0 Å². The number of ether oxygens (including phenoxy) is 1. The van der Waals surface area contributed by atoms with Gasteiger partial charge in [-0.2, -0.15) is 0 Å². The first kappa shape index (κ1) is 12.3. The Morgan fingerprint density at radius 1 is 1.28 bits per heavy atom. The Balaban J connectivity index is 2.46. The Bertz CT molecular complexity index is 630. The number of fused-ring (bicyclic) bond motifs is 1. The van der Waals surface area contributed by atoms with Gasteiger partial charge in [0, 0.05) is 11.5 Å². The average Bonchev–Trinajstić information content (AvgIpc) is 2.37. The van der Waals surface area contributed by atoms with Gasteiger partial charge in [0.1, 0.15) is 0 Å². The summed E-state index contributed by atoms with van der Waals surface area (Å²) in [7, 11) is 1.36. The third kappa shape index (κ3) is 2.56. The number of nitrogens with zero attached hydrogens (tertiary/aromatic N) is 1. The van der Waals surface area contributed by atoms with Crippen LogP contribution in [0, 0.1) is 13.8 Å². The number of methoxy groups -OCH3 is 1. The zero-order chi connectivity index (χ0) is 13.1. The van der Waals surface area contributed by atoms with E-state index in [4.69, 9.17) is 0 Å². The van der Waals surface area contributed by atoms with E-state index in [1.807, 2.05) is 25.1 Å². The van der Waals surface area contributed by atoms with Gasteiger partial charge < -0.3 is 4.74 Å². The third-order valence-electron chi connectivity index (χ3n) is 2.78. The molecule has 18 heavy (non-hydrogen) atoms. The molecule has 1 aromatic heterocycles. The van der Waals surface area contributed by atoms with E-state index in [-0.39, 0.29) is 5.97 Å². The second-order valence-corrected chi connectivity index (χ2v) is 4.24. The van der Waals surface area contributed by atoms with E-state index in [2.05, 4.69) is 22.7 Å². The number of rotatable bonds is 2. The predicted octanol–water partition coefficient (Wildman–Crippen LogP) is 3.04. The molecule has 1 heterocycles. The quantitative estimate of drug-likeness (QED) is 0.599. The Morgan fingerprint density at radius 3 is 2.78 bits per heavy atom. The number of hydrogen-bond donors (Lipinski definition) is 0. The first-order valence-electron chi connectivity index (χ1n) is 5.74. The van der Waals surface area contributed by atoms with Gasteiger partial charge >= 0.3 is 5.97 Å². The van der Waals surface area contributed by atoms with Crippen molar-refractivity contribution in [3.05, 3.63) is 47.2 Å². The van der Waals surface area contributed by atoms with Crippen LogP contribution in [0.3, 0.4) is 0 Å². The molecule has 2 aromatic rings. The first-order chi connectivity index (χ1) is 8.60. The Labute approximate surface area is 106 Å². The lowest BCUT2D eigenvalue weighted by atomic mass is 10.1. The molecule has 0 radical (unpaired) electrons. The largest absolute Gasteiger partial charge is 0.466 e. The molecular formula is C15H15NO2. The molecule has 0 bridgehead atoms. The van der Waals surface area contributed by atoms with E-state index in [0.29, 0.717) is 0 Å². The van der Waals surface area contributed by atoms with Gasteiger partial charge in [-0.3, -0.25) is 0 Å². The second kappa shape index (κ2) is 5.00. The van der Waals surface area contributed by atoms with Crippen LogP contribution in [-0.2, 0) is 9.53 Å². The van der Waals surface area contributed by atoms with E-state index in [1.165, 1.54) is 18.7 Å². The zero-order valence-electron chi connectivity index (χ0n) is 10.7. The molecular weight excluding hydrogens is 226 g/mol. The molecule has 0 aliphatic carbocycles. The van der Waals surface area contributed by atoms with Crippen molar-refractivity contribution in [2.45, 2.75) is 13.8 Å². The van der Waals surface area contributed by atoms with E-state index in [9.17, 15) is 4.79 Å². The highest BCUT2D eigenvalue weighted by atomic mass is 16.5. The average molecular weight is 241 g/mol. The molecule has 1 aromatic carbocycles. The summed E-state index contributed by atoms with van der Waals surface area (Å²) in [5, 5.41) is 1.14. The molecule has 0 saturated carbocycles. The van der Waals surface area contributed by atoms with Crippen LogP contribution in [0.5, 0.6) is 0 Å². The summed E-state index contributed by atoms with van der Waals surface area (Å²) in [6.07, 6.45) is 3.04. The van der Waals surface area contributed by atoms with Gasteiger partial charge in [-0.05, 0) is 43.7 Å². The van der Waals surface area contributed by atoms with Crippen LogP contribution in [0.25, 0.3) is 17.0 Å². The van der Waals surface area contributed by atoms with Crippen molar-refractivity contribution in [3.63, 3.8) is 0 Å². The van der Waals surface area contributed by atoms with Gasteiger partial charge in [0.2, 0.25) is 0 Å². The van der Waals surface area contributed by atoms with Crippen molar-refractivity contribution in [2.75, 3.05) is 7.11 Å². The standard InChI is InChI=1S/C15H15NO2/c1-10-4-6-14-13(8-10)11(2)9-12(16-14)5-7-15(17)18-3/h4-9H,1-3H3. The van der Waals surface area contributed by atoms with Gasteiger partial charge in [0.15, 0.2) is 0 Å². The van der Waals surface area contributed by atoms with Crippen LogP contribution in [0.4, 0.5) is 0 Å². The van der Waals surface area contributed by atoms with Crippen molar-refractivity contribution in [3.8, 4) is 0 Å². The fourth-order valence-corrected chi connectivity index (χ4v) is 1.84. The van der Waals surface area contributed by atoms with Crippen LogP contribution in [0.15, 0.2) is 30.3 Å². The van der Waals surface area contributed by atoms with E-state index in [1.54, 1.807) is 6.08 Å². The van der Waals surface area contributed by atoms with E-state index in [0.717, 1.165) is 22.2 Å². The van der Waals surface area contributed by atoms with Crippen molar-refractivity contribution >= 4 is 22.9 Å². The lowest BCUT2D eigenvalue weighted by molar-refractivity contribution is -0.134. The normalized spacial score (nSPS) is 11.1. The lowest BCUT2D eigenvalue weighted by Crippen LogP contribution is -1.94. The monoisotopic (exact) mass is 241 g/mol. The molecule has 3 heteroatoms. The number of pyridine rings is 1. The first-order valence-corrected chi connectivity index (χ1v) is 5.74. The van der Waals surface area contributed by atoms with Gasteiger partial charge in [-0.1, -0.05) is 11.6 Å². The van der Waals surface area contributed by atoms with Gasteiger partial charge in [0.25, 0.3) is 0 Å². The van der Waals surface area contributed by atoms with Crippen LogP contribution < -0.4 is 0 Å². The summed E-state index contributed by atoms with van der Waals surface area (Å²) in [4.78, 5) is 15.5. The molecule has 0 spiro atoms. The summed E-state index contributed by atoms with van der Waals surface area (Å²) < 4.78 is 4.55. The lowest BCUT2D eigenvalue weighted by Gasteiger charge is -2.04. The SMILES string of the molecule is COC(=O)C=Cc1cc(C)c2cc(C)ccc2n1. The summed E-state index contributed by atoms with van der Waals surface area (Å²) in [6.45, 7) is 4.10. The Morgan fingerprint density at radius 2 is 2.06 bits per heavy atom. The van der Waals surface area contributed by atoms with Crippen molar-refractivity contribution in [1.82, 2.24) is 4.98 Å². The molecule has 0 amide bonds. The number of benzene rings is 1. The van der Waals surface area contributed by atoms with Crippen LogP contribution in [0.2, 0.25) is 0 Å². The minimum atomic E-state index is -0.376. The maximum atomic E-state index is 11.0. The molecule has 0 atom stereocenters.